The quantitative estimate of drug-likeness (QED) is 0.386. The van der Waals surface area contributed by atoms with E-state index in [1.165, 1.54) is 0 Å². The van der Waals surface area contributed by atoms with E-state index >= 15 is 0 Å². The Hall–Kier alpha value is -0.977. The van der Waals surface area contributed by atoms with Crippen molar-refractivity contribution in [1.29, 1.82) is 0 Å². The molecule has 0 unspecified atom stereocenters. The van der Waals surface area contributed by atoms with Crippen molar-refractivity contribution >= 4 is 23.9 Å². The normalized spacial score (nSPS) is 5.56. The van der Waals surface area contributed by atoms with Crippen LogP contribution in [0.1, 0.15) is 27.7 Å². The summed E-state index contributed by atoms with van der Waals surface area (Å²) in [5, 5.41) is 35.6. The van der Waals surface area contributed by atoms with Gasteiger partial charge >= 0.3 is 36.5 Å². The SMILES string of the molecule is CC(=O)[O-].CC(=O)[O-].CC(=O)[O-].CC(=O)[O-].[Cu+2].[Zn+2]. The molecule has 0 aliphatic carbocycles. The molecule has 0 rings (SSSR count). The Morgan fingerprint density at radius 1 is 0.556 bits per heavy atom. The molecule has 1 radical (unpaired) electrons. The summed E-state index contributed by atoms with van der Waals surface area (Å²) in [4.78, 5) is 35.6. The molecule has 0 saturated heterocycles. The molecule has 0 heterocycles. The molecule has 0 spiro atoms. The predicted molar refractivity (Wildman–Crippen MR) is 42.7 cm³/mol. The Labute approximate surface area is 128 Å². The van der Waals surface area contributed by atoms with Crippen molar-refractivity contribution in [2.24, 2.45) is 0 Å². The van der Waals surface area contributed by atoms with Crippen LogP contribution in [0.3, 0.4) is 0 Å². The molecule has 18 heavy (non-hydrogen) atoms. The predicted octanol–water partition coefficient (Wildman–Crippen LogP) is -4.98. The number of aliphatic carboxylic acids is 4. The molecular formula is C8H12CuO8Zn. The summed E-state index contributed by atoms with van der Waals surface area (Å²) < 4.78 is 0. The summed E-state index contributed by atoms with van der Waals surface area (Å²) in [6.45, 7) is 3.89. The number of hydrogen-bond acceptors (Lipinski definition) is 8. The van der Waals surface area contributed by atoms with Crippen LogP contribution in [-0.4, -0.2) is 23.9 Å². The summed E-state index contributed by atoms with van der Waals surface area (Å²) in [6.07, 6.45) is 0. The molecule has 0 N–H and O–H groups in total. The van der Waals surface area contributed by atoms with Gasteiger partial charge in [-0.1, -0.05) is 0 Å². The molecular weight excluding hydrogens is 353 g/mol. The van der Waals surface area contributed by atoms with Gasteiger partial charge in [-0.3, -0.25) is 0 Å². The fourth-order valence-corrected chi connectivity index (χ4v) is 0. The molecule has 0 aromatic rings. The van der Waals surface area contributed by atoms with Crippen LogP contribution in [-0.2, 0) is 55.7 Å². The van der Waals surface area contributed by atoms with Crippen molar-refractivity contribution in [1.82, 2.24) is 0 Å². The van der Waals surface area contributed by atoms with E-state index in [9.17, 15) is 0 Å². The smallest absolute Gasteiger partial charge is 0.550 e. The van der Waals surface area contributed by atoms with Gasteiger partial charge in [0.15, 0.2) is 0 Å². The van der Waals surface area contributed by atoms with Crippen molar-refractivity contribution in [2.45, 2.75) is 27.7 Å². The zero-order valence-corrected chi connectivity index (χ0v) is 14.2. The standard InChI is InChI=1S/4C2H4O2.Cu.Zn/c4*1-2(3)4;;/h4*1H3,(H,3,4);;/q;;;;2*+2/p-4. The molecule has 0 amide bonds. The third-order valence-corrected chi connectivity index (χ3v) is 0. The van der Waals surface area contributed by atoms with E-state index in [1.807, 2.05) is 0 Å². The second-order valence-corrected chi connectivity index (χ2v) is 1.97. The van der Waals surface area contributed by atoms with Crippen molar-refractivity contribution in [3.8, 4) is 0 Å². The van der Waals surface area contributed by atoms with Gasteiger partial charge < -0.3 is 39.6 Å². The zero-order chi connectivity index (χ0) is 14.3. The van der Waals surface area contributed by atoms with Gasteiger partial charge in [-0.15, -0.1) is 0 Å². The van der Waals surface area contributed by atoms with Crippen molar-refractivity contribution < 1.29 is 76.2 Å². The molecule has 0 aliphatic heterocycles. The van der Waals surface area contributed by atoms with Crippen molar-refractivity contribution in [3.63, 3.8) is 0 Å². The van der Waals surface area contributed by atoms with E-state index in [2.05, 4.69) is 0 Å². The summed E-state index contributed by atoms with van der Waals surface area (Å²) in [6, 6.07) is 0. The van der Waals surface area contributed by atoms with Crippen LogP contribution in [0.25, 0.3) is 0 Å². The van der Waals surface area contributed by atoms with Crippen LogP contribution in [0.15, 0.2) is 0 Å². The second-order valence-electron chi connectivity index (χ2n) is 1.97. The van der Waals surface area contributed by atoms with Crippen LogP contribution >= 0.6 is 0 Å². The largest absolute Gasteiger partial charge is 2.00 e. The summed E-state index contributed by atoms with van der Waals surface area (Å²) in [5.41, 5.74) is 0. The van der Waals surface area contributed by atoms with Gasteiger partial charge in [-0.2, -0.15) is 0 Å². The third kappa shape index (κ3) is 3090. The van der Waals surface area contributed by atoms with Crippen LogP contribution < -0.4 is 20.4 Å². The summed E-state index contributed by atoms with van der Waals surface area (Å²) >= 11 is 0. The number of carboxylic acids is 4. The number of carboxylic acid groups (broad SMARTS) is 4. The first kappa shape index (κ1) is 36.0. The molecule has 0 aromatic carbocycles. The Morgan fingerprint density at radius 2 is 0.556 bits per heavy atom. The summed E-state index contributed by atoms with van der Waals surface area (Å²) in [5.74, 6) is -4.33. The maximum absolute atomic E-state index is 8.89. The monoisotopic (exact) mass is 363 g/mol. The van der Waals surface area contributed by atoms with E-state index < -0.39 is 23.9 Å². The molecule has 105 valence electrons. The van der Waals surface area contributed by atoms with Crippen LogP contribution in [0.4, 0.5) is 0 Å². The molecule has 0 bridgehead atoms. The third-order valence-electron chi connectivity index (χ3n) is 0. The first-order valence-electron chi connectivity index (χ1n) is 3.63. The number of hydrogen-bond donors (Lipinski definition) is 0. The molecule has 0 saturated carbocycles. The average molecular weight is 365 g/mol. The van der Waals surface area contributed by atoms with E-state index in [0.717, 1.165) is 27.7 Å². The maximum atomic E-state index is 8.89. The molecule has 0 aromatic heterocycles. The number of carbonyl (C=O) groups excluding carboxylic acids is 4. The first-order valence-corrected chi connectivity index (χ1v) is 3.63. The fourth-order valence-electron chi connectivity index (χ4n) is 0. The van der Waals surface area contributed by atoms with E-state index in [-0.39, 0.29) is 36.5 Å². The van der Waals surface area contributed by atoms with Gasteiger partial charge in [0.1, 0.15) is 0 Å². The maximum Gasteiger partial charge on any atom is 2.00 e. The van der Waals surface area contributed by atoms with E-state index in [4.69, 9.17) is 39.6 Å². The fraction of sp³-hybridized carbons (Fsp3) is 0.500. The summed E-state index contributed by atoms with van der Waals surface area (Å²) in [7, 11) is 0. The second kappa shape index (κ2) is 29.8. The van der Waals surface area contributed by atoms with E-state index in [1.54, 1.807) is 0 Å². The molecule has 0 aliphatic rings. The minimum atomic E-state index is -1.08. The number of rotatable bonds is 0. The van der Waals surface area contributed by atoms with Gasteiger partial charge in [-0.25, -0.2) is 0 Å². The van der Waals surface area contributed by atoms with Gasteiger partial charge in [0, 0.05) is 23.9 Å². The zero-order valence-electron chi connectivity index (χ0n) is 10.3. The van der Waals surface area contributed by atoms with Crippen molar-refractivity contribution in [2.75, 3.05) is 0 Å². The minimum absolute atomic E-state index is 0. The van der Waals surface area contributed by atoms with Crippen LogP contribution in [0, 0.1) is 0 Å². The van der Waals surface area contributed by atoms with Crippen LogP contribution in [0.2, 0.25) is 0 Å². The Balaban J connectivity index is -0.0000000257. The Morgan fingerprint density at radius 3 is 0.556 bits per heavy atom. The average Bonchev–Trinajstić information content (AvgIpc) is 1.76. The number of carbonyl (C=O) groups is 4. The van der Waals surface area contributed by atoms with Crippen molar-refractivity contribution in [3.05, 3.63) is 0 Å². The molecule has 10 heteroatoms. The van der Waals surface area contributed by atoms with Gasteiger partial charge in [0.05, 0.1) is 0 Å². The molecule has 8 nitrogen and oxygen atoms in total. The van der Waals surface area contributed by atoms with Gasteiger partial charge in [0.25, 0.3) is 0 Å². The van der Waals surface area contributed by atoms with Crippen LogP contribution in [0.5, 0.6) is 0 Å². The topological polar surface area (TPSA) is 161 Å². The minimum Gasteiger partial charge on any atom is -0.550 e. The molecule has 0 atom stereocenters. The van der Waals surface area contributed by atoms with Gasteiger partial charge in [0.2, 0.25) is 0 Å². The first-order chi connectivity index (χ1) is 6.93. The molecule has 0 fully saturated rings. The Kier molecular flexibility index (Phi) is 59.5. The van der Waals surface area contributed by atoms with Gasteiger partial charge in [-0.05, 0) is 27.7 Å². The van der Waals surface area contributed by atoms with E-state index in [0.29, 0.717) is 0 Å². The Bertz CT molecular complexity index is 167.